The zero-order chi connectivity index (χ0) is 13.9. The third-order valence-corrected chi connectivity index (χ3v) is 3.43. The van der Waals surface area contributed by atoms with E-state index in [9.17, 15) is 0 Å². The molecule has 2 aromatic rings. The van der Waals surface area contributed by atoms with Gasteiger partial charge in [-0.15, -0.1) is 5.10 Å². The number of nitrogen functional groups attached to an aromatic ring is 1. The summed E-state index contributed by atoms with van der Waals surface area (Å²) in [6, 6.07) is 3.77. The Morgan fingerprint density at radius 3 is 2.55 bits per heavy atom. The Kier molecular flexibility index (Phi) is 3.41. The summed E-state index contributed by atoms with van der Waals surface area (Å²) >= 11 is 0. The van der Waals surface area contributed by atoms with E-state index in [1.807, 2.05) is 19.2 Å². The summed E-state index contributed by atoms with van der Waals surface area (Å²) in [6.07, 6.45) is 5.63. The molecule has 0 atom stereocenters. The van der Waals surface area contributed by atoms with E-state index in [-0.39, 0.29) is 6.10 Å². The fraction of sp³-hybridized carbons (Fsp3) is 0.462. The molecule has 0 amide bonds. The first-order chi connectivity index (χ1) is 9.72. The number of anilines is 2. The summed E-state index contributed by atoms with van der Waals surface area (Å²) in [6.45, 7) is 1.78. The molecule has 0 saturated carbocycles. The molecule has 0 spiro atoms. The maximum atomic E-state index is 5.94. The average molecular weight is 274 g/mol. The van der Waals surface area contributed by atoms with Crippen molar-refractivity contribution in [3.05, 3.63) is 24.5 Å². The first-order valence-electron chi connectivity index (χ1n) is 6.70. The van der Waals surface area contributed by atoms with E-state index < -0.39 is 0 Å². The lowest BCUT2D eigenvalue weighted by Crippen LogP contribution is -2.39. The number of piperidine rings is 1. The summed E-state index contributed by atoms with van der Waals surface area (Å²) in [4.78, 5) is 10.4. The Morgan fingerprint density at radius 2 is 1.95 bits per heavy atom. The smallest absolute Gasteiger partial charge is 0.241 e. The molecule has 7 heteroatoms. The molecule has 0 aromatic carbocycles. The minimum absolute atomic E-state index is 0.235. The number of nitrogens with two attached hydrogens (primary N) is 1. The van der Waals surface area contributed by atoms with Gasteiger partial charge in [-0.1, -0.05) is 0 Å². The van der Waals surface area contributed by atoms with Crippen molar-refractivity contribution in [2.75, 3.05) is 23.7 Å². The van der Waals surface area contributed by atoms with Gasteiger partial charge in [0.05, 0.1) is 0 Å². The molecule has 1 aliphatic heterocycles. The quantitative estimate of drug-likeness (QED) is 0.893. The highest BCUT2D eigenvalue weighted by Crippen LogP contribution is 2.21. The van der Waals surface area contributed by atoms with Gasteiger partial charge in [0.2, 0.25) is 11.9 Å². The fourth-order valence-corrected chi connectivity index (χ4v) is 2.45. The van der Waals surface area contributed by atoms with Crippen molar-refractivity contribution in [2.24, 2.45) is 7.05 Å². The van der Waals surface area contributed by atoms with Crippen LogP contribution in [0.1, 0.15) is 12.8 Å². The Morgan fingerprint density at radius 1 is 1.25 bits per heavy atom. The molecule has 20 heavy (non-hydrogen) atoms. The van der Waals surface area contributed by atoms with Crippen LogP contribution in [0.5, 0.6) is 5.75 Å². The van der Waals surface area contributed by atoms with Gasteiger partial charge in [-0.2, -0.15) is 4.98 Å². The number of aryl methyl sites for hydroxylation is 1. The zero-order valence-electron chi connectivity index (χ0n) is 11.4. The van der Waals surface area contributed by atoms with Crippen molar-refractivity contribution in [3.8, 4) is 5.75 Å². The van der Waals surface area contributed by atoms with Crippen molar-refractivity contribution in [2.45, 2.75) is 18.9 Å². The van der Waals surface area contributed by atoms with Crippen LogP contribution >= 0.6 is 0 Å². The van der Waals surface area contributed by atoms with Gasteiger partial charge in [-0.25, -0.2) is 4.68 Å². The topological polar surface area (TPSA) is 82.1 Å². The van der Waals surface area contributed by atoms with Gasteiger partial charge in [0, 0.05) is 45.4 Å². The Balaban J connectivity index is 1.58. The van der Waals surface area contributed by atoms with Crippen molar-refractivity contribution in [1.29, 1.82) is 0 Å². The van der Waals surface area contributed by atoms with E-state index in [1.165, 1.54) is 0 Å². The highest BCUT2D eigenvalue weighted by molar-refractivity contribution is 5.36. The van der Waals surface area contributed by atoms with Crippen molar-refractivity contribution >= 4 is 11.9 Å². The summed E-state index contributed by atoms with van der Waals surface area (Å²) in [5.74, 6) is 2.02. The molecule has 3 heterocycles. The van der Waals surface area contributed by atoms with Gasteiger partial charge < -0.3 is 15.4 Å². The van der Waals surface area contributed by atoms with Crippen molar-refractivity contribution in [3.63, 3.8) is 0 Å². The average Bonchev–Trinajstić information content (AvgIpc) is 2.80. The molecular weight excluding hydrogens is 256 g/mol. The second kappa shape index (κ2) is 5.36. The van der Waals surface area contributed by atoms with Gasteiger partial charge in [0.25, 0.3) is 0 Å². The predicted octanol–water partition coefficient (Wildman–Crippen LogP) is 0.840. The molecule has 106 valence electrons. The third-order valence-electron chi connectivity index (χ3n) is 3.43. The van der Waals surface area contributed by atoms with Crippen LogP contribution in [0, 0.1) is 0 Å². The molecule has 0 bridgehead atoms. The third kappa shape index (κ3) is 2.66. The van der Waals surface area contributed by atoms with Crippen LogP contribution in [-0.2, 0) is 7.05 Å². The molecule has 0 radical (unpaired) electrons. The summed E-state index contributed by atoms with van der Waals surface area (Å²) in [5.41, 5.74) is 5.62. The van der Waals surface area contributed by atoms with E-state index >= 15 is 0 Å². The number of hydrogen-bond donors (Lipinski definition) is 1. The second-order valence-electron chi connectivity index (χ2n) is 4.88. The van der Waals surface area contributed by atoms with Crippen LogP contribution in [0.3, 0.4) is 0 Å². The molecule has 0 unspecified atom stereocenters. The van der Waals surface area contributed by atoms with Crippen molar-refractivity contribution in [1.82, 2.24) is 19.7 Å². The number of rotatable bonds is 3. The van der Waals surface area contributed by atoms with E-state index in [0.717, 1.165) is 37.6 Å². The standard InChI is InChI=1S/C13H18N6O/c1-18-13(16-12(14)17-18)19-8-4-11(5-9-19)20-10-2-6-15-7-3-10/h2-3,6-7,11H,4-5,8-9H2,1H3,(H2,14,17). The molecule has 2 aromatic heterocycles. The molecular formula is C13H18N6O. The largest absolute Gasteiger partial charge is 0.490 e. The van der Waals surface area contributed by atoms with Crippen LogP contribution in [0.15, 0.2) is 24.5 Å². The number of pyridine rings is 1. The minimum Gasteiger partial charge on any atom is -0.490 e. The van der Waals surface area contributed by atoms with E-state index in [4.69, 9.17) is 10.5 Å². The molecule has 2 N–H and O–H groups in total. The van der Waals surface area contributed by atoms with Gasteiger partial charge in [-0.05, 0) is 12.1 Å². The van der Waals surface area contributed by atoms with Crippen LogP contribution < -0.4 is 15.4 Å². The Labute approximate surface area is 117 Å². The lowest BCUT2D eigenvalue weighted by Gasteiger charge is -2.32. The fourth-order valence-electron chi connectivity index (χ4n) is 2.45. The first-order valence-corrected chi connectivity index (χ1v) is 6.70. The molecule has 7 nitrogen and oxygen atoms in total. The molecule has 1 fully saturated rings. The minimum atomic E-state index is 0.235. The maximum absolute atomic E-state index is 5.94. The number of ether oxygens (including phenoxy) is 1. The molecule has 1 aliphatic rings. The van der Waals surface area contributed by atoms with Gasteiger partial charge in [0.1, 0.15) is 11.9 Å². The number of aromatic nitrogens is 4. The summed E-state index contributed by atoms with van der Waals surface area (Å²) < 4.78 is 7.66. The van der Waals surface area contributed by atoms with Gasteiger partial charge >= 0.3 is 0 Å². The van der Waals surface area contributed by atoms with E-state index in [2.05, 4.69) is 20.0 Å². The van der Waals surface area contributed by atoms with E-state index in [0.29, 0.717) is 5.95 Å². The zero-order valence-corrected chi connectivity index (χ0v) is 11.4. The highest BCUT2D eigenvalue weighted by Gasteiger charge is 2.23. The number of hydrogen-bond acceptors (Lipinski definition) is 6. The Hall–Kier alpha value is -2.31. The normalized spacial score (nSPS) is 16.4. The van der Waals surface area contributed by atoms with Crippen LogP contribution in [-0.4, -0.2) is 38.9 Å². The van der Waals surface area contributed by atoms with Crippen LogP contribution in [0.2, 0.25) is 0 Å². The molecule has 3 rings (SSSR count). The number of nitrogens with zero attached hydrogens (tertiary/aromatic N) is 5. The second-order valence-corrected chi connectivity index (χ2v) is 4.88. The summed E-state index contributed by atoms with van der Waals surface area (Å²) in [5, 5.41) is 4.08. The van der Waals surface area contributed by atoms with Gasteiger partial charge in [-0.3, -0.25) is 4.98 Å². The monoisotopic (exact) mass is 274 g/mol. The first kappa shape index (κ1) is 12.7. The SMILES string of the molecule is Cn1nc(N)nc1N1CCC(Oc2ccncc2)CC1. The lowest BCUT2D eigenvalue weighted by atomic mass is 10.1. The van der Waals surface area contributed by atoms with Gasteiger partial charge in [0.15, 0.2) is 0 Å². The predicted molar refractivity (Wildman–Crippen MR) is 75.5 cm³/mol. The highest BCUT2D eigenvalue weighted by atomic mass is 16.5. The molecule has 0 aliphatic carbocycles. The van der Waals surface area contributed by atoms with Crippen LogP contribution in [0.4, 0.5) is 11.9 Å². The van der Waals surface area contributed by atoms with E-state index in [1.54, 1.807) is 17.1 Å². The van der Waals surface area contributed by atoms with Crippen LogP contribution in [0.25, 0.3) is 0 Å². The lowest BCUT2D eigenvalue weighted by molar-refractivity contribution is 0.170. The summed E-state index contributed by atoms with van der Waals surface area (Å²) in [7, 11) is 1.86. The maximum Gasteiger partial charge on any atom is 0.241 e. The molecule has 1 saturated heterocycles. The van der Waals surface area contributed by atoms with Crippen molar-refractivity contribution < 1.29 is 4.74 Å². The Bertz CT molecular complexity index is 561.